The molecule has 1 aliphatic heterocycles. The maximum atomic E-state index is 8.73. The second-order valence-corrected chi connectivity index (χ2v) is 2.66. The Bertz CT molecular complexity index is 143. The van der Waals surface area contributed by atoms with Crippen LogP contribution in [0.3, 0.4) is 0 Å². The predicted molar refractivity (Wildman–Crippen MR) is 38.4 cm³/mol. The van der Waals surface area contributed by atoms with Crippen LogP contribution in [0, 0.1) is 0 Å². The van der Waals surface area contributed by atoms with E-state index in [0.717, 1.165) is 25.1 Å². The highest BCUT2D eigenvalue weighted by atomic mass is 16.5. The highest BCUT2D eigenvalue weighted by molar-refractivity contribution is 5.08. The van der Waals surface area contributed by atoms with Gasteiger partial charge < -0.3 is 15.1 Å². The third kappa shape index (κ3) is 1.80. The molecule has 0 aromatic heterocycles. The minimum absolute atomic E-state index is 0.748. The average molecular weight is 143 g/mol. The molecule has 0 aliphatic carbocycles. The number of rotatable bonds is 1. The fourth-order valence-electron chi connectivity index (χ4n) is 1.02. The Morgan fingerprint density at radius 3 is 2.70 bits per heavy atom. The smallest absolute Gasteiger partial charge is 0.174 e. The van der Waals surface area contributed by atoms with Crippen LogP contribution >= 0.6 is 0 Å². The van der Waals surface area contributed by atoms with Gasteiger partial charge >= 0.3 is 0 Å². The fourth-order valence-corrected chi connectivity index (χ4v) is 1.02. The lowest BCUT2D eigenvalue weighted by Gasteiger charge is -2.22. The summed E-state index contributed by atoms with van der Waals surface area (Å²) in [4.78, 5) is 2.13. The van der Waals surface area contributed by atoms with Crippen molar-refractivity contribution in [3.63, 3.8) is 0 Å². The first kappa shape index (κ1) is 7.72. The molecule has 0 amide bonds. The molecule has 0 saturated carbocycles. The minimum Gasteiger partial charge on any atom is -0.365 e. The molecule has 0 bridgehead atoms. The Balaban J connectivity index is 2.48. The molecular weight excluding hydrogens is 130 g/mol. The van der Waals surface area contributed by atoms with Crippen LogP contribution in [0.2, 0.25) is 0 Å². The van der Waals surface area contributed by atoms with Crippen molar-refractivity contribution in [1.29, 1.82) is 0 Å². The molecule has 10 heavy (non-hydrogen) atoms. The van der Waals surface area contributed by atoms with Crippen LogP contribution < -0.4 is 0 Å². The Hall–Kier alpha value is -0.380. The molecule has 3 nitrogen and oxygen atoms in total. The van der Waals surface area contributed by atoms with E-state index < -0.39 is 6.29 Å². The van der Waals surface area contributed by atoms with Gasteiger partial charge in [-0.25, -0.2) is 0 Å². The number of aliphatic hydroxyl groups is 2. The lowest BCUT2D eigenvalue weighted by atomic mass is 10.1. The highest BCUT2D eigenvalue weighted by Crippen LogP contribution is 2.11. The summed E-state index contributed by atoms with van der Waals surface area (Å²) >= 11 is 0. The summed E-state index contributed by atoms with van der Waals surface area (Å²) in [6, 6.07) is 0. The van der Waals surface area contributed by atoms with E-state index in [1.165, 1.54) is 0 Å². The lowest BCUT2D eigenvalue weighted by molar-refractivity contribution is -0.0124. The van der Waals surface area contributed by atoms with Crippen molar-refractivity contribution in [2.24, 2.45) is 0 Å². The number of hydrogen-bond acceptors (Lipinski definition) is 3. The van der Waals surface area contributed by atoms with Gasteiger partial charge in [0.2, 0.25) is 0 Å². The Labute approximate surface area is 60.6 Å². The van der Waals surface area contributed by atoms with E-state index in [1.54, 1.807) is 0 Å². The van der Waals surface area contributed by atoms with E-state index in [9.17, 15) is 0 Å². The maximum Gasteiger partial charge on any atom is 0.174 e. The zero-order valence-corrected chi connectivity index (χ0v) is 6.12. The van der Waals surface area contributed by atoms with Gasteiger partial charge in [0, 0.05) is 13.1 Å². The quantitative estimate of drug-likeness (QED) is 0.386. The molecule has 0 radical (unpaired) electrons. The van der Waals surface area contributed by atoms with E-state index in [2.05, 4.69) is 4.90 Å². The molecular formula is C7H13NO2. The molecule has 0 spiro atoms. The van der Waals surface area contributed by atoms with Crippen molar-refractivity contribution in [2.45, 2.75) is 12.7 Å². The molecule has 0 fully saturated rings. The minimum atomic E-state index is -1.24. The van der Waals surface area contributed by atoms with Gasteiger partial charge in [-0.15, -0.1) is 0 Å². The molecule has 3 heteroatoms. The Kier molecular flexibility index (Phi) is 2.43. The van der Waals surface area contributed by atoms with Gasteiger partial charge in [-0.3, -0.25) is 0 Å². The Morgan fingerprint density at radius 1 is 1.60 bits per heavy atom. The first-order valence-corrected chi connectivity index (χ1v) is 3.44. The summed E-state index contributed by atoms with van der Waals surface area (Å²) < 4.78 is 0. The summed E-state index contributed by atoms with van der Waals surface area (Å²) in [7, 11) is 2.01. The van der Waals surface area contributed by atoms with E-state index in [4.69, 9.17) is 10.2 Å². The van der Waals surface area contributed by atoms with Gasteiger partial charge in [-0.05, 0) is 19.0 Å². The predicted octanol–water partition coefficient (Wildman–Crippen LogP) is -0.441. The van der Waals surface area contributed by atoms with Gasteiger partial charge in [0.05, 0.1) is 0 Å². The van der Waals surface area contributed by atoms with Crippen molar-refractivity contribution >= 4 is 0 Å². The zero-order valence-electron chi connectivity index (χ0n) is 6.12. The van der Waals surface area contributed by atoms with Gasteiger partial charge in [0.15, 0.2) is 6.29 Å². The van der Waals surface area contributed by atoms with E-state index in [-0.39, 0.29) is 0 Å². The van der Waals surface area contributed by atoms with Crippen molar-refractivity contribution in [2.75, 3.05) is 20.1 Å². The van der Waals surface area contributed by atoms with Gasteiger partial charge in [-0.1, -0.05) is 6.08 Å². The summed E-state index contributed by atoms with van der Waals surface area (Å²) in [6.07, 6.45) is 1.40. The molecule has 1 heterocycles. The van der Waals surface area contributed by atoms with E-state index in [1.807, 2.05) is 13.1 Å². The van der Waals surface area contributed by atoms with Crippen molar-refractivity contribution in [3.05, 3.63) is 11.6 Å². The average Bonchev–Trinajstić information content (AvgIpc) is 1.88. The van der Waals surface area contributed by atoms with Crippen molar-refractivity contribution in [3.8, 4) is 0 Å². The molecule has 0 saturated heterocycles. The third-order valence-corrected chi connectivity index (χ3v) is 1.78. The number of nitrogens with zero attached hydrogens (tertiary/aromatic N) is 1. The van der Waals surface area contributed by atoms with E-state index >= 15 is 0 Å². The maximum absolute atomic E-state index is 8.73. The second kappa shape index (κ2) is 3.14. The van der Waals surface area contributed by atoms with Crippen LogP contribution in [-0.4, -0.2) is 41.5 Å². The van der Waals surface area contributed by atoms with Crippen LogP contribution in [0.25, 0.3) is 0 Å². The van der Waals surface area contributed by atoms with Crippen LogP contribution in [0.15, 0.2) is 11.6 Å². The summed E-state index contributed by atoms with van der Waals surface area (Å²) in [5.74, 6) is 0. The molecule has 1 rings (SSSR count). The third-order valence-electron chi connectivity index (χ3n) is 1.78. The molecule has 58 valence electrons. The van der Waals surface area contributed by atoms with Crippen molar-refractivity contribution < 1.29 is 10.2 Å². The topological polar surface area (TPSA) is 43.7 Å². The molecule has 1 aliphatic rings. The number of hydrogen-bond donors (Lipinski definition) is 2. The molecule has 0 aromatic rings. The molecule has 0 aromatic carbocycles. The SMILES string of the molecule is CN1CC=C(C(O)O)CC1. The molecule has 0 atom stereocenters. The van der Waals surface area contributed by atoms with Gasteiger partial charge in [0.25, 0.3) is 0 Å². The fraction of sp³-hybridized carbons (Fsp3) is 0.714. The second-order valence-electron chi connectivity index (χ2n) is 2.66. The summed E-state index contributed by atoms with van der Waals surface area (Å²) in [6.45, 7) is 1.75. The van der Waals surface area contributed by atoms with Gasteiger partial charge in [0.1, 0.15) is 0 Å². The molecule has 0 unspecified atom stereocenters. The Morgan fingerprint density at radius 2 is 2.30 bits per heavy atom. The van der Waals surface area contributed by atoms with Crippen molar-refractivity contribution in [1.82, 2.24) is 4.90 Å². The zero-order chi connectivity index (χ0) is 7.56. The largest absolute Gasteiger partial charge is 0.365 e. The summed E-state index contributed by atoms with van der Waals surface area (Å²) in [5, 5.41) is 17.5. The molecule has 2 N–H and O–H groups in total. The lowest BCUT2D eigenvalue weighted by Crippen LogP contribution is -2.27. The first-order valence-electron chi connectivity index (χ1n) is 3.44. The van der Waals surface area contributed by atoms with Crippen LogP contribution in [0.4, 0.5) is 0 Å². The van der Waals surface area contributed by atoms with Gasteiger partial charge in [-0.2, -0.15) is 0 Å². The van der Waals surface area contributed by atoms with Crippen LogP contribution in [0.1, 0.15) is 6.42 Å². The number of likely N-dealkylation sites (N-methyl/N-ethyl adjacent to an activating group) is 1. The standard InChI is InChI=1S/C7H13NO2/c1-8-4-2-6(3-5-8)7(9)10/h2,7,9-10H,3-5H2,1H3. The number of aliphatic hydroxyl groups excluding tert-OH is 1. The van der Waals surface area contributed by atoms with E-state index in [0.29, 0.717) is 0 Å². The summed E-state index contributed by atoms with van der Waals surface area (Å²) in [5.41, 5.74) is 0.748. The highest BCUT2D eigenvalue weighted by Gasteiger charge is 2.11. The van der Waals surface area contributed by atoms with Crippen LogP contribution in [0.5, 0.6) is 0 Å². The monoisotopic (exact) mass is 143 g/mol. The van der Waals surface area contributed by atoms with Crippen LogP contribution in [-0.2, 0) is 0 Å². The first-order chi connectivity index (χ1) is 4.70. The normalized spacial score (nSPS) is 21.4.